The molecule has 0 saturated carbocycles. The minimum absolute atomic E-state index is 0.839. The van der Waals surface area contributed by atoms with Gasteiger partial charge in [0.1, 0.15) is 0 Å². The third-order valence-electron chi connectivity index (χ3n) is 2.67. The van der Waals surface area contributed by atoms with Crippen molar-refractivity contribution in [3.63, 3.8) is 0 Å². The summed E-state index contributed by atoms with van der Waals surface area (Å²) >= 11 is 0. The Balaban J connectivity index is 1.96. The van der Waals surface area contributed by atoms with Crippen LogP contribution in [-0.2, 0) is 0 Å². The van der Waals surface area contributed by atoms with Crippen LogP contribution in [0.3, 0.4) is 0 Å². The van der Waals surface area contributed by atoms with Gasteiger partial charge in [-0.1, -0.05) is 0 Å². The Hall–Kier alpha value is -0.0800. The van der Waals surface area contributed by atoms with Crippen LogP contribution in [0.5, 0.6) is 0 Å². The van der Waals surface area contributed by atoms with Crippen molar-refractivity contribution in [1.29, 1.82) is 0 Å². The SMILES string of the molecule is [CH2-]N1CCN2CCC[C@H]2C1. The first-order valence-electron chi connectivity index (χ1n) is 4.16. The van der Waals surface area contributed by atoms with Crippen molar-refractivity contribution >= 4 is 0 Å². The van der Waals surface area contributed by atoms with E-state index in [0.717, 1.165) is 12.6 Å². The first kappa shape index (κ1) is 6.62. The highest BCUT2D eigenvalue weighted by atomic mass is 15.3. The molecule has 0 aromatic rings. The maximum atomic E-state index is 3.96. The number of fused-ring (bicyclic) bond motifs is 1. The predicted molar refractivity (Wildman–Crippen MR) is 41.5 cm³/mol. The summed E-state index contributed by atoms with van der Waals surface area (Å²) in [6.07, 6.45) is 2.80. The summed E-state index contributed by atoms with van der Waals surface area (Å²) in [5.41, 5.74) is 0. The maximum absolute atomic E-state index is 3.96. The Bertz CT molecular complexity index is 124. The van der Waals surface area contributed by atoms with Crippen LogP contribution in [0, 0.1) is 7.05 Å². The number of nitrogens with zero attached hydrogens (tertiary/aromatic N) is 2. The molecule has 0 bridgehead atoms. The van der Waals surface area contributed by atoms with Crippen molar-refractivity contribution < 1.29 is 0 Å². The molecule has 2 heterocycles. The van der Waals surface area contributed by atoms with Crippen LogP contribution >= 0.6 is 0 Å². The third kappa shape index (κ3) is 1.06. The molecular formula is C8H15N2-. The summed E-state index contributed by atoms with van der Waals surface area (Å²) in [6, 6.07) is 0.839. The van der Waals surface area contributed by atoms with Gasteiger partial charge in [-0.3, -0.25) is 11.9 Å². The second-order valence-electron chi connectivity index (χ2n) is 3.41. The Labute approximate surface area is 62.8 Å². The Morgan fingerprint density at radius 3 is 3.00 bits per heavy atom. The van der Waals surface area contributed by atoms with Gasteiger partial charge in [0.15, 0.2) is 0 Å². The fourth-order valence-corrected chi connectivity index (χ4v) is 2.06. The number of rotatable bonds is 0. The molecule has 0 aliphatic carbocycles. The summed E-state index contributed by atoms with van der Waals surface area (Å²) in [5.74, 6) is 0. The van der Waals surface area contributed by atoms with E-state index in [1.807, 2.05) is 0 Å². The van der Waals surface area contributed by atoms with Crippen molar-refractivity contribution in [1.82, 2.24) is 9.80 Å². The second-order valence-corrected chi connectivity index (χ2v) is 3.41. The summed E-state index contributed by atoms with van der Waals surface area (Å²) in [7, 11) is 3.96. The third-order valence-corrected chi connectivity index (χ3v) is 2.67. The molecule has 0 aromatic heterocycles. The number of piperazine rings is 1. The molecule has 0 aromatic carbocycles. The molecule has 0 amide bonds. The molecule has 2 rings (SSSR count). The number of hydrogen-bond donors (Lipinski definition) is 0. The van der Waals surface area contributed by atoms with Crippen LogP contribution < -0.4 is 0 Å². The van der Waals surface area contributed by atoms with Crippen LogP contribution in [0.25, 0.3) is 0 Å². The minimum atomic E-state index is 0.839. The van der Waals surface area contributed by atoms with Crippen molar-refractivity contribution in [2.75, 3.05) is 26.2 Å². The zero-order chi connectivity index (χ0) is 6.97. The molecular weight excluding hydrogens is 124 g/mol. The van der Waals surface area contributed by atoms with Gasteiger partial charge in [-0.15, -0.1) is 0 Å². The van der Waals surface area contributed by atoms with E-state index in [9.17, 15) is 0 Å². The highest BCUT2D eigenvalue weighted by Crippen LogP contribution is 2.20. The monoisotopic (exact) mass is 139 g/mol. The summed E-state index contributed by atoms with van der Waals surface area (Å²) in [4.78, 5) is 4.80. The van der Waals surface area contributed by atoms with Crippen LogP contribution in [0.4, 0.5) is 0 Å². The van der Waals surface area contributed by atoms with E-state index in [1.54, 1.807) is 0 Å². The van der Waals surface area contributed by atoms with E-state index in [4.69, 9.17) is 0 Å². The maximum Gasteiger partial charge on any atom is 0.0200 e. The molecule has 2 saturated heterocycles. The van der Waals surface area contributed by atoms with Gasteiger partial charge in [-0.2, -0.15) is 0 Å². The molecule has 0 spiro atoms. The Morgan fingerprint density at radius 2 is 2.10 bits per heavy atom. The van der Waals surface area contributed by atoms with Crippen molar-refractivity contribution in [2.24, 2.45) is 0 Å². The first-order valence-corrected chi connectivity index (χ1v) is 4.16. The van der Waals surface area contributed by atoms with Crippen LogP contribution in [0.1, 0.15) is 12.8 Å². The number of hydrogen-bond acceptors (Lipinski definition) is 2. The van der Waals surface area contributed by atoms with Gasteiger partial charge in [-0.05, 0) is 32.5 Å². The molecule has 2 aliphatic heterocycles. The highest BCUT2D eigenvalue weighted by molar-refractivity contribution is 4.86. The molecule has 2 aliphatic rings. The first-order chi connectivity index (χ1) is 4.86. The van der Waals surface area contributed by atoms with E-state index in [1.165, 1.54) is 32.5 Å². The molecule has 10 heavy (non-hydrogen) atoms. The molecule has 0 unspecified atom stereocenters. The molecule has 0 N–H and O–H groups in total. The fraction of sp³-hybridized carbons (Fsp3) is 0.875. The molecule has 2 heteroatoms. The van der Waals surface area contributed by atoms with Crippen molar-refractivity contribution in [2.45, 2.75) is 18.9 Å². The molecule has 2 nitrogen and oxygen atoms in total. The zero-order valence-electron chi connectivity index (χ0n) is 6.42. The molecule has 58 valence electrons. The summed E-state index contributed by atoms with van der Waals surface area (Å²) < 4.78 is 0. The zero-order valence-corrected chi connectivity index (χ0v) is 6.42. The van der Waals surface area contributed by atoms with Crippen LogP contribution in [-0.4, -0.2) is 42.0 Å². The lowest BCUT2D eigenvalue weighted by Crippen LogP contribution is -2.47. The second kappa shape index (κ2) is 2.51. The molecule has 2 fully saturated rings. The van der Waals surface area contributed by atoms with Gasteiger partial charge >= 0.3 is 0 Å². The quantitative estimate of drug-likeness (QED) is 0.452. The summed E-state index contributed by atoms with van der Waals surface area (Å²) in [6.45, 7) is 4.93. The van der Waals surface area contributed by atoms with Crippen LogP contribution in [0.2, 0.25) is 0 Å². The van der Waals surface area contributed by atoms with E-state index >= 15 is 0 Å². The van der Waals surface area contributed by atoms with E-state index in [2.05, 4.69) is 16.8 Å². The average Bonchev–Trinajstić information content (AvgIpc) is 2.33. The van der Waals surface area contributed by atoms with Gasteiger partial charge in [0, 0.05) is 12.6 Å². The van der Waals surface area contributed by atoms with Gasteiger partial charge in [0.2, 0.25) is 0 Å². The Morgan fingerprint density at radius 1 is 1.20 bits per heavy atom. The predicted octanol–water partition coefficient (Wildman–Crippen LogP) is 0.558. The molecule has 0 radical (unpaired) electrons. The topological polar surface area (TPSA) is 6.48 Å². The fourth-order valence-electron chi connectivity index (χ4n) is 2.06. The lowest BCUT2D eigenvalue weighted by atomic mass is 10.2. The smallest absolute Gasteiger partial charge is 0.0200 e. The van der Waals surface area contributed by atoms with E-state index in [-0.39, 0.29) is 0 Å². The highest BCUT2D eigenvalue weighted by Gasteiger charge is 2.26. The Kier molecular flexibility index (Phi) is 1.66. The van der Waals surface area contributed by atoms with E-state index < -0.39 is 0 Å². The standard InChI is InChI=1S/C8H15N2/c1-9-5-6-10-4-2-3-8(10)7-9/h8H,1-7H2/q-1/t8-/m0/s1. The van der Waals surface area contributed by atoms with Gasteiger partial charge in [-0.25, -0.2) is 0 Å². The van der Waals surface area contributed by atoms with Crippen molar-refractivity contribution in [3.05, 3.63) is 7.05 Å². The average molecular weight is 139 g/mol. The van der Waals surface area contributed by atoms with Gasteiger partial charge in [0.25, 0.3) is 0 Å². The lowest BCUT2D eigenvalue weighted by Gasteiger charge is -2.39. The van der Waals surface area contributed by atoms with Gasteiger partial charge in [0.05, 0.1) is 0 Å². The van der Waals surface area contributed by atoms with E-state index in [0.29, 0.717) is 0 Å². The van der Waals surface area contributed by atoms with Gasteiger partial charge < -0.3 is 4.90 Å². The van der Waals surface area contributed by atoms with Crippen LogP contribution in [0.15, 0.2) is 0 Å². The summed E-state index contributed by atoms with van der Waals surface area (Å²) in [5, 5.41) is 0. The molecule has 1 atom stereocenters. The largest absolute Gasteiger partial charge is 0.457 e. The normalized spacial score (nSPS) is 36.3. The minimum Gasteiger partial charge on any atom is -0.457 e. The van der Waals surface area contributed by atoms with Crippen molar-refractivity contribution in [3.8, 4) is 0 Å². The lowest BCUT2D eigenvalue weighted by molar-refractivity contribution is 0.136.